The molecule has 7 heteroatoms. The molecule has 2 heterocycles. The van der Waals surface area contributed by atoms with Crippen LogP contribution in [0, 0.1) is 6.92 Å². The van der Waals surface area contributed by atoms with Gasteiger partial charge in [-0.15, -0.1) is 10.2 Å². The summed E-state index contributed by atoms with van der Waals surface area (Å²) in [4.78, 5) is 8.92. The van der Waals surface area contributed by atoms with Crippen molar-refractivity contribution in [2.45, 2.75) is 32.2 Å². The van der Waals surface area contributed by atoms with Crippen LogP contribution in [0.1, 0.15) is 36.0 Å². The smallest absolute Gasteiger partial charge is 0.151 e. The molecule has 2 aromatic rings. The van der Waals surface area contributed by atoms with Gasteiger partial charge in [-0.2, -0.15) is 0 Å². The lowest BCUT2D eigenvalue weighted by Crippen LogP contribution is -2.11. The van der Waals surface area contributed by atoms with Crippen LogP contribution in [0.2, 0.25) is 0 Å². The number of anilines is 2. The molecule has 0 saturated heterocycles. The normalized spacial score (nSPS) is 14.6. The number of aromatic nitrogens is 5. The predicted molar refractivity (Wildman–Crippen MR) is 71.5 cm³/mol. The second kappa shape index (κ2) is 4.49. The van der Waals surface area contributed by atoms with Gasteiger partial charge in [0.1, 0.15) is 23.8 Å². The van der Waals surface area contributed by atoms with Crippen LogP contribution in [-0.2, 0) is 13.6 Å². The summed E-state index contributed by atoms with van der Waals surface area (Å²) >= 11 is 0. The molecular formula is C12H17N7. The Hall–Kier alpha value is -2.18. The van der Waals surface area contributed by atoms with Crippen molar-refractivity contribution in [1.29, 1.82) is 0 Å². The van der Waals surface area contributed by atoms with Crippen LogP contribution in [0.15, 0.2) is 6.33 Å². The topological polar surface area (TPSA) is 94.5 Å². The van der Waals surface area contributed by atoms with Gasteiger partial charge < -0.3 is 15.6 Å². The average molecular weight is 259 g/mol. The highest BCUT2D eigenvalue weighted by atomic mass is 15.3. The number of nitrogens with zero attached hydrogens (tertiary/aromatic N) is 5. The van der Waals surface area contributed by atoms with Crippen molar-refractivity contribution in [2.24, 2.45) is 7.05 Å². The lowest BCUT2D eigenvalue weighted by Gasteiger charge is -2.11. The van der Waals surface area contributed by atoms with Crippen LogP contribution in [-0.4, -0.2) is 24.7 Å². The minimum absolute atomic E-state index is 0.485. The molecule has 0 aromatic carbocycles. The summed E-state index contributed by atoms with van der Waals surface area (Å²) in [5.41, 5.74) is 6.82. The molecule has 0 amide bonds. The van der Waals surface area contributed by atoms with Gasteiger partial charge in [-0.05, 0) is 19.8 Å². The third-order valence-electron chi connectivity index (χ3n) is 3.36. The SMILES string of the molecule is Cc1c(N)nc(C2CC2)nc1NCc1nncn1C. The Labute approximate surface area is 111 Å². The summed E-state index contributed by atoms with van der Waals surface area (Å²) in [7, 11) is 1.91. The molecule has 2 aromatic heterocycles. The van der Waals surface area contributed by atoms with E-state index >= 15 is 0 Å². The first-order valence-corrected chi connectivity index (χ1v) is 6.36. The molecule has 1 aliphatic rings. The Morgan fingerprint density at radius 3 is 2.84 bits per heavy atom. The molecule has 0 atom stereocenters. The number of hydrogen-bond acceptors (Lipinski definition) is 6. The first-order valence-electron chi connectivity index (χ1n) is 6.36. The molecule has 0 aliphatic heterocycles. The van der Waals surface area contributed by atoms with Crippen LogP contribution in [0.25, 0.3) is 0 Å². The Balaban J connectivity index is 1.81. The molecule has 0 spiro atoms. The number of nitrogens with two attached hydrogens (primary N) is 1. The number of nitrogen functional groups attached to an aromatic ring is 1. The standard InChI is InChI=1S/C12H17N7/c1-7-10(13)16-12(8-3-4-8)17-11(7)14-5-9-18-15-6-19(9)2/h6,8H,3-5H2,1-2H3,(H3,13,14,16,17). The molecule has 0 radical (unpaired) electrons. The lowest BCUT2D eigenvalue weighted by molar-refractivity contribution is 0.806. The number of nitrogens with one attached hydrogen (secondary N) is 1. The monoisotopic (exact) mass is 259 g/mol. The molecule has 1 aliphatic carbocycles. The van der Waals surface area contributed by atoms with Gasteiger partial charge in [0.25, 0.3) is 0 Å². The van der Waals surface area contributed by atoms with E-state index in [1.165, 1.54) is 0 Å². The summed E-state index contributed by atoms with van der Waals surface area (Å²) < 4.78 is 1.87. The quantitative estimate of drug-likeness (QED) is 0.850. The van der Waals surface area contributed by atoms with Gasteiger partial charge in [-0.25, -0.2) is 9.97 Å². The number of hydrogen-bond donors (Lipinski definition) is 2. The van der Waals surface area contributed by atoms with Crippen molar-refractivity contribution < 1.29 is 0 Å². The molecule has 1 saturated carbocycles. The van der Waals surface area contributed by atoms with E-state index in [2.05, 4.69) is 25.5 Å². The van der Waals surface area contributed by atoms with E-state index < -0.39 is 0 Å². The van der Waals surface area contributed by atoms with Crippen molar-refractivity contribution in [3.63, 3.8) is 0 Å². The van der Waals surface area contributed by atoms with Crippen molar-refractivity contribution in [1.82, 2.24) is 24.7 Å². The highest BCUT2D eigenvalue weighted by Crippen LogP contribution is 2.39. The van der Waals surface area contributed by atoms with Gasteiger partial charge in [-0.3, -0.25) is 0 Å². The first kappa shape index (κ1) is 11.9. The van der Waals surface area contributed by atoms with Crippen molar-refractivity contribution in [2.75, 3.05) is 11.1 Å². The third-order valence-corrected chi connectivity index (χ3v) is 3.36. The summed E-state index contributed by atoms with van der Waals surface area (Å²) in [6.07, 6.45) is 3.99. The molecule has 100 valence electrons. The van der Waals surface area contributed by atoms with Crippen LogP contribution >= 0.6 is 0 Å². The summed E-state index contributed by atoms with van der Waals surface area (Å²) in [5, 5.41) is 11.1. The van der Waals surface area contributed by atoms with Crippen molar-refractivity contribution >= 4 is 11.6 Å². The maximum atomic E-state index is 5.94. The zero-order valence-corrected chi connectivity index (χ0v) is 11.1. The van der Waals surface area contributed by atoms with E-state index in [1.54, 1.807) is 6.33 Å². The molecule has 3 rings (SSSR count). The minimum atomic E-state index is 0.485. The molecule has 3 N–H and O–H groups in total. The molecule has 7 nitrogen and oxygen atoms in total. The molecule has 0 unspecified atom stereocenters. The lowest BCUT2D eigenvalue weighted by atomic mass is 10.3. The van der Waals surface area contributed by atoms with Crippen molar-refractivity contribution in [3.8, 4) is 0 Å². The summed E-state index contributed by atoms with van der Waals surface area (Å²) in [6, 6.07) is 0. The fraction of sp³-hybridized carbons (Fsp3) is 0.500. The molecule has 1 fully saturated rings. The highest BCUT2D eigenvalue weighted by Gasteiger charge is 2.27. The van der Waals surface area contributed by atoms with E-state index in [9.17, 15) is 0 Å². The van der Waals surface area contributed by atoms with E-state index in [0.29, 0.717) is 18.3 Å². The predicted octanol–water partition coefficient (Wildman–Crippen LogP) is 0.985. The fourth-order valence-electron chi connectivity index (χ4n) is 1.88. The van der Waals surface area contributed by atoms with Gasteiger partial charge in [-0.1, -0.05) is 0 Å². The van der Waals surface area contributed by atoms with Crippen molar-refractivity contribution in [3.05, 3.63) is 23.5 Å². The second-order valence-electron chi connectivity index (χ2n) is 4.93. The maximum absolute atomic E-state index is 5.94. The zero-order valence-electron chi connectivity index (χ0n) is 11.1. The van der Waals surface area contributed by atoms with E-state index in [4.69, 9.17) is 5.73 Å². The van der Waals surface area contributed by atoms with Gasteiger partial charge in [0, 0.05) is 18.5 Å². The van der Waals surface area contributed by atoms with E-state index in [0.717, 1.165) is 35.9 Å². The van der Waals surface area contributed by atoms with Gasteiger partial charge in [0.05, 0.1) is 6.54 Å². The van der Waals surface area contributed by atoms with Crippen LogP contribution in [0.3, 0.4) is 0 Å². The summed E-state index contributed by atoms with van der Waals surface area (Å²) in [5.74, 6) is 3.53. The van der Waals surface area contributed by atoms with Crippen LogP contribution < -0.4 is 11.1 Å². The molecule has 19 heavy (non-hydrogen) atoms. The minimum Gasteiger partial charge on any atom is -0.383 e. The Bertz CT molecular complexity index is 600. The highest BCUT2D eigenvalue weighted by molar-refractivity contribution is 5.55. The van der Waals surface area contributed by atoms with E-state index in [1.807, 2.05) is 18.5 Å². The summed E-state index contributed by atoms with van der Waals surface area (Å²) in [6.45, 7) is 2.49. The van der Waals surface area contributed by atoms with Gasteiger partial charge in [0.15, 0.2) is 5.82 Å². The fourth-order valence-corrected chi connectivity index (χ4v) is 1.88. The van der Waals surface area contributed by atoms with E-state index in [-0.39, 0.29) is 0 Å². The van der Waals surface area contributed by atoms with Gasteiger partial charge in [0.2, 0.25) is 0 Å². The van der Waals surface area contributed by atoms with Crippen LogP contribution in [0.5, 0.6) is 0 Å². The average Bonchev–Trinajstić information content (AvgIpc) is 3.15. The Morgan fingerprint density at radius 1 is 1.42 bits per heavy atom. The number of aryl methyl sites for hydroxylation is 1. The zero-order chi connectivity index (χ0) is 13.4. The molecular weight excluding hydrogens is 242 g/mol. The first-order chi connectivity index (χ1) is 9.15. The second-order valence-corrected chi connectivity index (χ2v) is 4.93. The largest absolute Gasteiger partial charge is 0.383 e. The third kappa shape index (κ3) is 2.35. The van der Waals surface area contributed by atoms with Gasteiger partial charge >= 0.3 is 0 Å². The Kier molecular flexibility index (Phi) is 2.81. The Morgan fingerprint density at radius 2 is 2.21 bits per heavy atom. The number of rotatable bonds is 4. The van der Waals surface area contributed by atoms with Crippen LogP contribution in [0.4, 0.5) is 11.6 Å². The molecule has 0 bridgehead atoms. The maximum Gasteiger partial charge on any atom is 0.151 e.